The molecule has 0 fully saturated rings. The number of carbonyl (C=O) groups is 2. The third-order valence-electron chi connectivity index (χ3n) is 4.28. The quantitative estimate of drug-likeness (QED) is 0.662. The predicted octanol–water partition coefficient (Wildman–Crippen LogP) is 3.82. The van der Waals surface area contributed by atoms with Gasteiger partial charge in [0.1, 0.15) is 6.04 Å². The number of amides is 2. The van der Waals surface area contributed by atoms with Crippen LogP contribution in [-0.2, 0) is 16.1 Å². The largest absolute Gasteiger partial charge is 0.354 e. The molecule has 0 heterocycles. The number of aryl methyl sites for hydroxylation is 1. The van der Waals surface area contributed by atoms with Gasteiger partial charge in [-0.2, -0.15) is 0 Å². The molecule has 0 aliphatic heterocycles. The third kappa shape index (κ3) is 5.99. The molecule has 134 valence electrons. The molecule has 0 aliphatic rings. The van der Waals surface area contributed by atoms with E-state index in [9.17, 15) is 9.59 Å². The zero-order valence-electron chi connectivity index (χ0n) is 15.6. The van der Waals surface area contributed by atoms with E-state index in [4.69, 9.17) is 0 Å². The average molecular weight is 332 g/mol. The van der Waals surface area contributed by atoms with Crippen molar-refractivity contribution in [2.75, 3.05) is 6.54 Å². The lowest BCUT2D eigenvalue weighted by Crippen LogP contribution is -2.49. The highest BCUT2D eigenvalue weighted by atomic mass is 16.2. The number of benzene rings is 1. The zero-order chi connectivity index (χ0) is 17.9. The summed E-state index contributed by atoms with van der Waals surface area (Å²) in [5.41, 5.74) is 2.25. The molecule has 1 rings (SSSR count). The molecule has 2 amide bonds. The fourth-order valence-electron chi connectivity index (χ4n) is 2.75. The summed E-state index contributed by atoms with van der Waals surface area (Å²) in [4.78, 5) is 27.0. The summed E-state index contributed by atoms with van der Waals surface area (Å²) in [5.74, 6) is 0.0160. The second kappa shape index (κ2) is 10.8. The van der Waals surface area contributed by atoms with E-state index >= 15 is 0 Å². The summed E-state index contributed by atoms with van der Waals surface area (Å²) >= 11 is 0. The fourth-order valence-corrected chi connectivity index (χ4v) is 2.75. The number of hydrogen-bond donors (Lipinski definition) is 1. The molecule has 4 heteroatoms. The fraction of sp³-hybridized carbons (Fsp3) is 0.600. The van der Waals surface area contributed by atoms with Crippen LogP contribution in [0.25, 0.3) is 0 Å². The predicted molar refractivity (Wildman–Crippen MR) is 98.6 cm³/mol. The van der Waals surface area contributed by atoms with Gasteiger partial charge in [0, 0.05) is 19.5 Å². The van der Waals surface area contributed by atoms with Crippen LogP contribution < -0.4 is 5.32 Å². The van der Waals surface area contributed by atoms with Gasteiger partial charge in [0.05, 0.1) is 0 Å². The molecule has 24 heavy (non-hydrogen) atoms. The number of hydrogen-bond acceptors (Lipinski definition) is 2. The molecule has 4 nitrogen and oxygen atoms in total. The Hall–Kier alpha value is -1.84. The van der Waals surface area contributed by atoms with E-state index in [-0.39, 0.29) is 11.8 Å². The first-order chi connectivity index (χ1) is 11.5. The normalized spacial score (nSPS) is 11.8. The van der Waals surface area contributed by atoms with Crippen molar-refractivity contribution >= 4 is 11.8 Å². The Morgan fingerprint density at radius 2 is 1.83 bits per heavy atom. The summed E-state index contributed by atoms with van der Waals surface area (Å²) in [6, 6.07) is 7.64. The lowest BCUT2D eigenvalue weighted by molar-refractivity contribution is -0.141. The van der Waals surface area contributed by atoms with E-state index in [2.05, 4.69) is 12.2 Å². The van der Waals surface area contributed by atoms with Crippen LogP contribution >= 0.6 is 0 Å². The van der Waals surface area contributed by atoms with E-state index < -0.39 is 6.04 Å². The van der Waals surface area contributed by atoms with E-state index in [0.29, 0.717) is 25.9 Å². The Morgan fingerprint density at radius 1 is 1.12 bits per heavy atom. The summed E-state index contributed by atoms with van der Waals surface area (Å²) < 4.78 is 0. The maximum Gasteiger partial charge on any atom is 0.242 e. The van der Waals surface area contributed by atoms with Gasteiger partial charge >= 0.3 is 0 Å². The standard InChI is InChI=1S/C20H32N2O2/c1-5-8-14-21-20(24)18(7-3)22(19(23)11-6-2)15-17-13-10-9-12-16(17)4/h9-10,12-13,18H,5-8,11,14-15H2,1-4H3,(H,21,24)/t18-/m1/s1. The van der Waals surface area contributed by atoms with Gasteiger partial charge in [-0.1, -0.05) is 51.5 Å². The molecule has 0 saturated heterocycles. The molecular formula is C20H32N2O2. The monoisotopic (exact) mass is 332 g/mol. The second-order valence-electron chi connectivity index (χ2n) is 6.27. The number of carbonyl (C=O) groups excluding carboxylic acids is 2. The van der Waals surface area contributed by atoms with Crippen LogP contribution in [0.2, 0.25) is 0 Å². The highest BCUT2D eigenvalue weighted by molar-refractivity contribution is 5.87. The molecule has 0 spiro atoms. The first kappa shape index (κ1) is 20.2. The zero-order valence-corrected chi connectivity index (χ0v) is 15.6. The van der Waals surface area contributed by atoms with Gasteiger partial charge in [-0.25, -0.2) is 0 Å². The van der Waals surface area contributed by atoms with Crippen molar-refractivity contribution in [1.82, 2.24) is 10.2 Å². The Bertz CT molecular complexity index is 528. The van der Waals surface area contributed by atoms with Crippen molar-refractivity contribution in [2.24, 2.45) is 0 Å². The summed E-state index contributed by atoms with van der Waals surface area (Å²) in [7, 11) is 0. The smallest absolute Gasteiger partial charge is 0.242 e. The van der Waals surface area contributed by atoms with Gasteiger partial charge in [0.25, 0.3) is 0 Å². The lowest BCUT2D eigenvalue weighted by Gasteiger charge is -2.31. The molecule has 1 N–H and O–H groups in total. The maximum absolute atomic E-state index is 12.6. The minimum atomic E-state index is -0.402. The van der Waals surface area contributed by atoms with Crippen LogP contribution in [0, 0.1) is 6.92 Å². The van der Waals surface area contributed by atoms with Gasteiger partial charge in [-0.05, 0) is 37.3 Å². The first-order valence-corrected chi connectivity index (χ1v) is 9.16. The molecule has 0 radical (unpaired) electrons. The molecule has 0 aromatic heterocycles. The minimum absolute atomic E-state index is 0.0380. The van der Waals surface area contributed by atoms with E-state index in [1.807, 2.05) is 45.0 Å². The number of nitrogens with one attached hydrogen (secondary N) is 1. The van der Waals surface area contributed by atoms with Gasteiger partial charge in [0.15, 0.2) is 0 Å². The molecule has 0 bridgehead atoms. The molecule has 1 atom stereocenters. The Balaban J connectivity index is 2.95. The molecule has 0 saturated carbocycles. The number of nitrogens with zero attached hydrogens (tertiary/aromatic N) is 1. The van der Waals surface area contributed by atoms with Crippen molar-refractivity contribution in [2.45, 2.75) is 72.4 Å². The van der Waals surface area contributed by atoms with Crippen molar-refractivity contribution in [3.05, 3.63) is 35.4 Å². The molecule has 0 aliphatic carbocycles. The Labute approximate surface area is 146 Å². The van der Waals surface area contributed by atoms with Gasteiger partial charge < -0.3 is 10.2 Å². The minimum Gasteiger partial charge on any atom is -0.354 e. The third-order valence-corrected chi connectivity index (χ3v) is 4.28. The van der Waals surface area contributed by atoms with E-state index in [1.165, 1.54) is 0 Å². The lowest BCUT2D eigenvalue weighted by atomic mass is 10.1. The first-order valence-electron chi connectivity index (χ1n) is 9.16. The summed E-state index contributed by atoms with van der Waals surface area (Å²) in [6.07, 6.45) is 3.89. The molecular weight excluding hydrogens is 300 g/mol. The van der Waals surface area contributed by atoms with Crippen LogP contribution in [0.3, 0.4) is 0 Å². The van der Waals surface area contributed by atoms with E-state index in [1.54, 1.807) is 4.90 Å². The van der Waals surface area contributed by atoms with Crippen LogP contribution in [-0.4, -0.2) is 29.3 Å². The van der Waals surface area contributed by atoms with Gasteiger partial charge in [0.2, 0.25) is 11.8 Å². The van der Waals surface area contributed by atoms with Crippen LogP contribution in [0.4, 0.5) is 0 Å². The van der Waals surface area contributed by atoms with Crippen LogP contribution in [0.15, 0.2) is 24.3 Å². The van der Waals surface area contributed by atoms with Crippen LogP contribution in [0.1, 0.15) is 64.0 Å². The Kier molecular flexibility index (Phi) is 9.13. The highest BCUT2D eigenvalue weighted by Crippen LogP contribution is 2.16. The SMILES string of the molecule is CCCCNC(=O)[C@@H](CC)N(Cc1ccccc1C)C(=O)CCC. The van der Waals surface area contributed by atoms with Crippen molar-refractivity contribution in [3.63, 3.8) is 0 Å². The molecule has 1 aromatic rings. The maximum atomic E-state index is 12.6. The second-order valence-corrected chi connectivity index (χ2v) is 6.27. The summed E-state index contributed by atoms with van der Waals surface area (Å²) in [5, 5.41) is 2.98. The number of unbranched alkanes of at least 4 members (excludes halogenated alkanes) is 1. The van der Waals surface area contributed by atoms with Crippen molar-refractivity contribution in [1.29, 1.82) is 0 Å². The average Bonchev–Trinajstić information content (AvgIpc) is 2.56. The molecule has 0 unspecified atom stereocenters. The number of rotatable bonds is 10. The summed E-state index contributed by atoms with van der Waals surface area (Å²) in [6.45, 7) is 9.26. The highest BCUT2D eigenvalue weighted by Gasteiger charge is 2.28. The van der Waals surface area contributed by atoms with Gasteiger partial charge in [-0.3, -0.25) is 9.59 Å². The van der Waals surface area contributed by atoms with Crippen molar-refractivity contribution in [3.8, 4) is 0 Å². The van der Waals surface area contributed by atoms with Crippen LogP contribution in [0.5, 0.6) is 0 Å². The van der Waals surface area contributed by atoms with Crippen molar-refractivity contribution < 1.29 is 9.59 Å². The van der Waals surface area contributed by atoms with Gasteiger partial charge in [-0.15, -0.1) is 0 Å². The van der Waals surface area contributed by atoms with E-state index in [0.717, 1.165) is 30.4 Å². The molecule has 1 aromatic carbocycles. The Morgan fingerprint density at radius 3 is 2.42 bits per heavy atom. The topological polar surface area (TPSA) is 49.4 Å².